The van der Waals surface area contributed by atoms with Gasteiger partial charge in [0.25, 0.3) is 5.91 Å². The lowest BCUT2D eigenvalue weighted by molar-refractivity contribution is -0.205. The van der Waals surface area contributed by atoms with Crippen molar-refractivity contribution >= 4 is 11.9 Å². The zero-order chi connectivity index (χ0) is 25.3. The molecule has 2 heterocycles. The highest BCUT2D eigenvalue weighted by Crippen LogP contribution is 2.33. The van der Waals surface area contributed by atoms with Crippen LogP contribution in [0.2, 0.25) is 0 Å². The van der Waals surface area contributed by atoms with E-state index in [9.17, 15) is 35.9 Å². The summed E-state index contributed by atoms with van der Waals surface area (Å²) in [6, 6.07) is 8.42. The van der Waals surface area contributed by atoms with E-state index in [-0.39, 0.29) is 30.3 Å². The summed E-state index contributed by atoms with van der Waals surface area (Å²) in [5.41, 5.74) is 3.24. The number of aromatic nitrogens is 1. The van der Waals surface area contributed by atoms with Gasteiger partial charge in [-0.05, 0) is 24.3 Å². The lowest BCUT2D eigenvalue weighted by atomic mass is 10.0. The summed E-state index contributed by atoms with van der Waals surface area (Å²) in [5.74, 6) is -4.24. The van der Waals surface area contributed by atoms with Crippen LogP contribution in [-0.4, -0.2) is 41.0 Å². The summed E-state index contributed by atoms with van der Waals surface area (Å²) in [7, 11) is 0. The monoisotopic (exact) mass is 488 g/mol. The van der Waals surface area contributed by atoms with E-state index < -0.39 is 47.6 Å². The third kappa shape index (κ3) is 5.73. The highest BCUT2D eigenvalue weighted by Gasteiger charge is 2.42. The van der Waals surface area contributed by atoms with Crippen molar-refractivity contribution in [3.8, 4) is 17.7 Å². The zero-order valence-electron chi connectivity index (χ0n) is 16.9. The molecule has 0 bridgehead atoms. The Morgan fingerprint density at radius 3 is 2.41 bits per heavy atom. The number of benzene rings is 1. The summed E-state index contributed by atoms with van der Waals surface area (Å²) in [6.45, 7) is 0.459. The van der Waals surface area contributed by atoms with Crippen molar-refractivity contribution in [3.63, 3.8) is 0 Å². The number of esters is 1. The zero-order valence-corrected chi connectivity index (χ0v) is 16.9. The normalized spacial score (nSPS) is 15.2. The van der Waals surface area contributed by atoms with Crippen molar-refractivity contribution < 1.29 is 45.4 Å². The summed E-state index contributed by atoms with van der Waals surface area (Å²) < 4.78 is 86.2. The van der Waals surface area contributed by atoms with Gasteiger partial charge >= 0.3 is 18.3 Å². The Labute approximate surface area is 187 Å². The van der Waals surface area contributed by atoms with Crippen molar-refractivity contribution in [2.45, 2.75) is 18.6 Å². The van der Waals surface area contributed by atoms with E-state index in [4.69, 9.17) is 15.7 Å². The Bertz CT molecular complexity index is 1140. The molecule has 1 atom stereocenters. The molecule has 0 radical (unpaired) electrons. The van der Waals surface area contributed by atoms with Crippen LogP contribution < -0.4 is 10.5 Å². The highest BCUT2D eigenvalue weighted by atomic mass is 19.4. The van der Waals surface area contributed by atoms with Crippen LogP contribution >= 0.6 is 0 Å². The van der Waals surface area contributed by atoms with Gasteiger partial charge in [0.1, 0.15) is 11.4 Å². The molecule has 3 rings (SSSR count). The van der Waals surface area contributed by atoms with Gasteiger partial charge < -0.3 is 14.4 Å². The first-order chi connectivity index (χ1) is 15.8. The molecule has 1 amide bonds. The van der Waals surface area contributed by atoms with Crippen molar-refractivity contribution in [1.29, 1.82) is 5.26 Å². The van der Waals surface area contributed by atoms with E-state index in [1.165, 1.54) is 29.2 Å². The quantitative estimate of drug-likeness (QED) is 0.389. The molecule has 1 fully saturated rings. The molecule has 8 nitrogen and oxygen atoms in total. The van der Waals surface area contributed by atoms with Gasteiger partial charge in [0.05, 0.1) is 12.0 Å². The van der Waals surface area contributed by atoms with E-state index in [1.807, 2.05) is 6.07 Å². The van der Waals surface area contributed by atoms with Crippen LogP contribution in [0.1, 0.15) is 27.8 Å². The number of hydrogen-bond donors (Lipinski definition) is 1. The fraction of sp³-hybridized carbons (Fsp3) is 0.300. The van der Waals surface area contributed by atoms with Gasteiger partial charge in [-0.2, -0.15) is 31.6 Å². The largest absolute Gasteiger partial charge is 0.490 e. The first-order valence-electron chi connectivity index (χ1n) is 9.37. The number of carbonyl (C=O) groups excluding carboxylic acids is 2. The first-order valence-corrected chi connectivity index (χ1v) is 9.37. The van der Waals surface area contributed by atoms with E-state index >= 15 is 0 Å². The van der Waals surface area contributed by atoms with Gasteiger partial charge in [-0.1, -0.05) is 6.07 Å². The number of amides is 1. The van der Waals surface area contributed by atoms with Crippen LogP contribution in [0.4, 0.5) is 26.3 Å². The van der Waals surface area contributed by atoms with Crippen LogP contribution in [0.25, 0.3) is 0 Å². The van der Waals surface area contributed by atoms with E-state index in [2.05, 4.69) is 9.72 Å². The maximum Gasteiger partial charge on any atom is 0.490 e. The number of nitriles is 1. The van der Waals surface area contributed by atoms with E-state index in [0.29, 0.717) is 6.07 Å². The van der Waals surface area contributed by atoms with Crippen LogP contribution in [0.3, 0.4) is 0 Å². The second-order valence-corrected chi connectivity index (χ2v) is 7.11. The molecule has 1 aromatic heterocycles. The molecule has 0 spiro atoms. The molecule has 14 heteroatoms. The number of carbonyl (C=O) groups is 2. The third-order valence-corrected chi connectivity index (χ3v) is 4.56. The fourth-order valence-electron chi connectivity index (χ4n) is 2.86. The Morgan fingerprint density at radius 1 is 1.15 bits per heavy atom. The number of halogens is 6. The minimum Gasteiger partial charge on any atom is -0.439 e. The number of nitrogens with zero attached hydrogens (tertiary/aromatic N) is 3. The second kappa shape index (κ2) is 9.18. The van der Waals surface area contributed by atoms with Gasteiger partial charge in [-0.25, -0.2) is 9.78 Å². The number of alkyl halides is 6. The number of likely N-dealkylation sites (tertiary alicyclic amines) is 1. The molecule has 2 aromatic rings. The number of rotatable bonds is 5. The van der Waals surface area contributed by atoms with Crippen molar-refractivity contribution in [2.24, 2.45) is 11.7 Å². The average molecular weight is 488 g/mol. The smallest absolute Gasteiger partial charge is 0.439 e. The topological polar surface area (TPSA) is 119 Å². The summed E-state index contributed by atoms with van der Waals surface area (Å²) in [5, 5.41) is 8.81. The molecule has 1 saturated heterocycles. The van der Waals surface area contributed by atoms with Crippen molar-refractivity contribution in [1.82, 2.24) is 9.88 Å². The molecule has 2 N–H and O–H groups in total. The number of nitrogens with two attached hydrogens (primary N) is 1. The SMILES string of the molecule is N#CC1CN(C(=O)c2cccc(Oc3cc(C(N)OC(=O)C(F)(F)F)cc(C(F)(F)F)n3)c2)C1. The minimum atomic E-state index is -5.41. The summed E-state index contributed by atoms with van der Waals surface area (Å²) in [6.07, 6.45) is -12.6. The molecule has 180 valence electrons. The van der Waals surface area contributed by atoms with Gasteiger partial charge in [0.15, 0.2) is 6.23 Å². The number of ether oxygens (including phenoxy) is 2. The van der Waals surface area contributed by atoms with Gasteiger partial charge in [0.2, 0.25) is 5.88 Å². The molecule has 0 aliphatic carbocycles. The molecule has 0 saturated carbocycles. The van der Waals surface area contributed by atoms with Crippen LogP contribution in [0.15, 0.2) is 36.4 Å². The van der Waals surface area contributed by atoms with Gasteiger partial charge in [-0.15, -0.1) is 0 Å². The van der Waals surface area contributed by atoms with Crippen LogP contribution in [0, 0.1) is 17.2 Å². The maximum atomic E-state index is 13.2. The average Bonchev–Trinajstić information content (AvgIpc) is 2.71. The highest BCUT2D eigenvalue weighted by molar-refractivity contribution is 5.95. The Morgan fingerprint density at radius 2 is 1.82 bits per heavy atom. The molecule has 1 unspecified atom stereocenters. The minimum absolute atomic E-state index is 0.109. The Balaban J connectivity index is 1.85. The number of pyridine rings is 1. The predicted molar refractivity (Wildman–Crippen MR) is 99.8 cm³/mol. The Hall–Kier alpha value is -3.86. The maximum absolute atomic E-state index is 13.2. The van der Waals surface area contributed by atoms with E-state index in [1.54, 1.807) is 0 Å². The van der Waals surface area contributed by atoms with Gasteiger partial charge in [0, 0.05) is 30.3 Å². The lowest BCUT2D eigenvalue weighted by Gasteiger charge is -2.35. The molecule has 34 heavy (non-hydrogen) atoms. The second-order valence-electron chi connectivity index (χ2n) is 7.11. The summed E-state index contributed by atoms with van der Waals surface area (Å²) >= 11 is 0. The third-order valence-electron chi connectivity index (χ3n) is 4.56. The predicted octanol–water partition coefficient (Wildman–Crippen LogP) is 3.55. The van der Waals surface area contributed by atoms with Crippen LogP contribution in [0.5, 0.6) is 11.6 Å². The molecule has 1 aliphatic rings. The molecular formula is C20H14F6N4O4. The molecule has 1 aromatic carbocycles. The van der Waals surface area contributed by atoms with Crippen molar-refractivity contribution in [2.75, 3.05) is 13.1 Å². The first kappa shape index (κ1) is 24.8. The Kier molecular flexibility index (Phi) is 6.69. The van der Waals surface area contributed by atoms with Crippen molar-refractivity contribution in [3.05, 3.63) is 53.2 Å². The summed E-state index contributed by atoms with van der Waals surface area (Å²) in [4.78, 5) is 28.1. The van der Waals surface area contributed by atoms with Crippen LogP contribution in [-0.2, 0) is 15.7 Å². The number of hydrogen-bond acceptors (Lipinski definition) is 7. The molecular weight excluding hydrogens is 474 g/mol. The standard InChI is InChI=1S/C20H14F6N4O4/c21-19(22,23)14-5-12(16(28)34-18(32)20(24,25)26)6-15(29-14)33-13-3-1-2-11(4-13)17(31)30-8-10(7-27)9-30/h1-6,10,16H,8-9,28H2. The van der Waals surface area contributed by atoms with E-state index in [0.717, 1.165) is 6.07 Å². The lowest BCUT2D eigenvalue weighted by Crippen LogP contribution is -2.49. The molecule has 1 aliphatic heterocycles. The van der Waals surface area contributed by atoms with Gasteiger partial charge in [-0.3, -0.25) is 10.5 Å². The fourth-order valence-corrected chi connectivity index (χ4v) is 2.86.